The molecule has 1 unspecified atom stereocenters. The number of carbonyl (C=O) groups is 2. The predicted octanol–water partition coefficient (Wildman–Crippen LogP) is 4.40. The Labute approximate surface area is 161 Å². The van der Waals surface area contributed by atoms with E-state index in [1.165, 1.54) is 12.0 Å². The van der Waals surface area contributed by atoms with Crippen molar-refractivity contribution >= 4 is 28.8 Å². The van der Waals surface area contributed by atoms with Crippen LogP contribution in [0.5, 0.6) is 0 Å². The van der Waals surface area contributed by atoms with Gasteiger partial charge < -0.3 is 9.15 Å². The Hall–Kier alpha value is -2.47. The van der Waals surface area contributed by atoms with Crippen LogP contribution >= 0.6 is 11.3 Å². The summed E-state index contributed by atoms with van der Waals surface area (Å²) in [5.41, 5.74) is 1.86. The molecule has 6 heteroatoms. The molecule has 2 aromatic heterocycles. The zero-order valence-electron chi connectivity index (χ0n) is 15.5. The van der Waals surface area contributed by atoms with E-state index in [0.29, 0.717) is 23.5 Å². The zero-order valence-corrected chi connectivity index (χ0v) is 16.3. The van der Waals surface area contributed by atoms with E-state index in [9.17, 15) is 9.59 Å². The molecular weight excluding hydrogens is 362 g/mol. The Bertz CT molecular complexity index is 951. The Morgan fingerprint density at radius 1 is 1.22 bits per heavy atom. The molecule has 0 bridgehead atoms. The first-order valence-electron chi connectivity index (χ1n) is 8.98. The van der Waals surface area contributed by atoms with E-state index in [2.05, 4.69) is 11.1 Å². The van der Waals surface area contributed by atoms with E-state index in [4.69, 9.17) is 9.15 Å². The maximum Gasteiger partial charge on any atom is 0.336 e. The number of ketones is 1. The topological polar surface area (TPSA) is 68.9 Å². The number of thiophene rings is 1. The number of hydrogen-bond donors (Lipinski definition) is 0. The van der Waals surface area contributed by atoms with Gasteiger partial charge in [0.05, 0.1) is 24.5 Å². The van der Waals surface area contributed by atoms with Crippen LogP contribution in [0.25, 0.3) is 0 Å². The van der Waals surface area contributed by atoms with Crippen LogP contribution in [0.15, 0.2) is 50.3 Å². The van der Waals surface area contributed by atoms with Crippen molar-refractivity contribution in [2.24, 2.45) is 10.9 Å². The third-order valence-electron chi connectivity index (χ3n) is 5.37. The summed E-state index contributed by atoms with van der Waals surface area (Å²) in [5, 5.41) is 2.03. The SMILES string of the molecule is COC(=O)C1=C(C)N=C2C[C@H](c3cccs3)CC(=O)C2[C@H]1c1ccc(C)o1. The second kappa shape index (κ2) is 6.93. The lowest BCUT2D eigenvalue weighted by Gasteiger charge is -2.36. The van der Waals surface area contributed by atoms with Crippen LogP contribution in [0.4, 0.5) is 0 Å². The lowest BCUT2D eigenvalue weighted by Crippen LogP contribution is -2.40. The summed E-state index contributed by atoms with van der Waals surface area (Å²) in [4.78, 5) is 31.6. The van der Waals surface area contributed by atoms with Gasteiger partial charge in [-0.15, -0.1) is 11.3 Å². The van der Waals surface area contributed by atoms with E-state index in [1.807, 2.05) is 30.5 Å². The molecule has 1 fully saturated rings. The summed E-state index contributed by atoms with van der Waals surface area (Å²) in [6.45, 7) is 3.66. The molecule has 5 nitrogen and oxygen atoms in total. The highest BCUT2D eigenvalue weighted by Crippen LogP contribution is 2.46. The molecule has 27 heavy (non-hydrogen) atoms. The molecule has 0 saturated heterocycles. The number of methoxy groups -OCH3 is 1. The average molecular weight is 383 g/mol. The molecule has 2 aliphatic rings. The number of nitrogens with zero attached hydrogens (tertiary/aromatic N) is 1. The summed E-state index contributed by atoms with van der Waals surface area (Å²) in [6.07, 6.45) is 1.17. The summed E-state index contributed by atoms with van der Waals surface area (Å²) in [6, 6.07) is 7.78. The van der Waals surface area contributed by atoms with Gasteiger partial charge in [-0.1, -0.05) is 6.07 Å². The van der Waals surface area contributed by atoms with Crippen LogP contribution in [-0.4, -0.2) is 24.6 Å². The van der Waals surface area contributed by atoms with Crippen molar-refractivity contribution in [3.63, 3.8) is 0 Å². The van der Waals surface area contributed by atoms with Gasteiger partial charge in [-0.2, -0.15) is 0 Å². The molecule has 3 heterocycles. The predicted molar refractivity (Wildman–Crippen MR) is 103 cm³/mol. The van der Waals surface area contributed by atoms with Crippen molar-refractivity contribution in [2.75, 3.05) is 7.11 Å². The van der Waals surface area contributed by atoms with Crippen LogP contribution in [0, 0.1) is 12.8 Å². The maximum atomic E-state index is 13.2. The highest BCUT2D eigenvalue weighted by atomic mass is 32.1. The second-order valence-electron chi connectivity index (χ2n) is 7.08. The first-order valence-corrected chi connectivity index (χ1v) is 9.86. The van der Waals surface area contributed by atoms with Crippen molar-refractivity contribution in [1.29, 1.82) is 0 Å². The van der Waals surface area contributed by atoms with Crippen LogP contribution in [0.2, 0.25) is 0 Å². The molecule has 1 saturated carbocycles. The Morgan fingerprint density at radius 3 is 2.67 bits per heavy atom. The van der Waals surface area contributed by atoms with Crippen molar-refractivity contribution < 1.29 is 18.7 Å². The molecule has 0 spiro atoms. The molecule has 140 valence electrons. The fourth-order valence-corrected chi connectivity index (χ4v) is 5.04. The summed E-state index contributed by atoms with van der Waals surface area (Å²) < 4.78 is 10.8. The number of Topliss-reactive ketones (excluding diaryl/α,β-unsaturated/α-hetero) is 1. The van der Waals surface area contributed by atoms with Gasteiger partial charge in [-0.05, 0) is 43.8 Å². The highest BCUT2D eigenvalue weighted by Gasteiger charge is 2.47. The maximum absolute atomic E-state index is 13.2. The second-order valence-corrected chi connectivity index (χ2v) is 8.06. The third kappa shape index (κ3) is 3.08. The van der Waals surface area contributed by atoms with Crippen molar-refractivity contribution in [3.05, 3.63) is 57.3 Å². The number of fused-ring (bicyclic) bond motifs is 1. The molecule has 0 N–H and O–H groups in total. The fourth-order valence-electron chi connectivity index (χ4n) is 4.20. The zero-order chi connectivity index (χ0) is 19.1. The molecule has 4 rings (SSSR count). The minimum Gasteiger partial charge on any atom is -0.466 e. The van der Waals surface area contributed by atoms with Crippen LogP contribution in [0.1, 0.15) is 48.0 Å². The number of rotatable bonds is 3. The largest absolute Gasteiger partial charge is 0.466 e. The van der Waals surface area contributed by atoms with E-state index in [0.717, 1.165) is 17.9 Å². The van der Waals surface area contributed by atoms with E-state index in [-0.39, 0.29) is 11.7 Å². The Kier molecular flexibility index (Phi) is 4.60. The fraction of sp³-hybridized carbons (Fsp3) is 0.381. The molecule has 1 aliphatic heterocycles. The van der Waals surface area contributed by atoms with Gasteiger partial charge in [-0.3, -0.25) is 9.79 Å². The monoisotopic (exact) mass is 383 g/mol. The molecule has 0 amide bonds. The van der Waals surface area contributed by atoms with Crippen LogP contribution in [0.3, 0.4) is 0 Å². The molecule has 0 radical (unpaired) electrons. The minimum atomic E-state index is -0.476. The van der Waals surface area contributed by atoms with Gasteiger partial charge in [0.15, 0.2) is 0 Å². The summed E-state index contributed by atoms with van der Waals surface area (Å²) in [5.74, 6) is 0.219. The number of allylic oxidation sites excluding steroid dienone is 1. The number of ether oxygens (including phenoxy) is 1. The first kappa shape index (κ1) is 17.9. The summed E-state index contributed by atoms with van der Waals surface area (Å²) >= 11 is 1.67. The van der Waals surface area contributed by atoms with Gasteiger partial charge in [0.1, 0.15) is 17.3 Å². The molecule has 0 aromatic carbocycles. The molecule has 3 atom stereocenters. The number of furan rings is 1. The Balaban J connectivity index is 1.80. The standard InChI is InChI=1S/C21H21NO4S/c1-11-6-7-16(26-11)20-18(21(24)25-3)12(2)22-14-9-13(10-15(23)19(14)20)17-5-4-8-27-17/h4-8,13,19-20H,9-10H2,1-3H3/t13-,19?,20-/m0/s1. The van der Waals surface area contributed by atoms with Gasteiger partial charge in [0.2, 0.25) is 0 Å². The van der Waals surface area contributed by atoms with E-state index < -0.39 is 17.8 Å². The van der Waals surface area contributed by atoms with E-state index >= 15 is 0 Å². The highest BCUT2D eigenvalue weighted by molar-refractivity contribution is 7.10. The number of aliphatic imine (C=N–C) groups is 1. The van der Waals surface area contributed by atoms with Crippen molar-refractivity contribution in [3.8, 4) is 0 Å². The number of carbonyl (C=O) groups excluding carboxylic acids is 2. The van der Waals surface area contributed by atoms with Gasteiger partial charge in [0.25, 0.3) is 0 Å². The summed E-state index contributed by atoms with van der Waals surface area (Å²) in [7, 11) is 1.35. The average Bonchev–Trinajstić information content (AvgIpc) is 3.31. The quantitative estimate of drug-likeness (QED) is 0.737. The van der Waals surface area contributed by atoms with Crippen molar-refractivity contribution in [2.45, 2.75) is 38.5 Å². The van der Waals surface area contributed by atoms with Crippen molar-refractivity contribution in [1.82, 2.24) is 0 Å². The van der Waals surface area contributed by atoms with E-state index in [1.54, 1.807) is 18.3 Å². The molecule has 1 aliphatic carbocycles. The third-order valence-corrected chi connectivity index (χ3v) is 6.41. The van der Waals surface area contributed by atoms with Crippen LogP contribution in [-0.2, 0) is 14.3 Å². The minimum absolute atomic E-state index is 0.103. The molecular formula is C21H21NO4S. The van der Waals surface area contributed by atoms with Gasteiger partial charge >= 0.3 is 5.97 Å². The molecule has 2 aromatic rings. The van der Waals surface area contributed by atoms with Crippen LogP contribution < -0.4 is 0 Å². The van der Waals surface area contributed by atoms with Gasteiger partial charge in [0, 0.05) is 28.6 Å². The number of esters is 1. The normalized spacial score (nSPS) is 25.2. The Morgan fingerprint density at radius 2 is 2.04 bits per heavy atom. The first-order chi connectivity index (χ1) is 13.0. The number of aryl methyl sites for hydroxylation is 1. The smallest absolute Gasteiger partial charge is 0.336 e. The lowest BCUT2D eigenvalue weighted by molar-refractivity contribution is -0.136. The van der Waals surface area contributed by atoms with Gasteiger partial charge in [-0.25, -0.2) is 4.79 Å². The number of hydrogen-bond acceptors (Lipinski definition) is 6. The lowest BCUT2D eigenvalue weighted by atomic mass is 9.68.